The number of nitrogens with zero attached hydrogens (tertiary/aromatic N) is 3. The van der Waals surface area contributed by atoms with Gasteiger partial charge in [-0.05, 0) is 36.8 Å². The first-order valence-corrected chi connectivity index (χ1v) is 6.84. The van der Waals surface area contributed by atoms with Crippen molar-refractivity contribution in [3.8, 4) is 0 Å². The lowest BCUT2D eigenvalue weighted by molar-refractivity contribution is 0.0697. The summed E-state index contributed by atoms with van der Waals surface area (Å²) in [7, 11) is 0. The summed E-state index contributed by atoms with van der Waals surface area (Å²) in [5.41, 5.74) is 1.35. The van der Waals surface area contributed by atoms with Crippen LogP contribution < -0.4 is 10.2 Å². The quantitative estimate of drug-likeness (QED) is 0.892. The van der Waals surface area contributed by atoms with Crippen molar-refractivity contribution in [1.29, 1.82) is 0 Å². The maximum absolute atomic E-state index is 10.9. The molecule has 1 atom stereocenters. The van der Waals surface area contributed by atoms with E-state index >= 15 is 0 Å². The first kappa shape index (κ1) is 13.4. The van der Waals surface area contributed by atoms with Crippen molar-refractivity contribution in [2.45, 2.75) is 12.5 Å². The molecular weight excluding hydrogens is 268 g/mol. The summed E-state index contributed by atoms with van der Waals surface area (Å²) in [5, 5.41) is 12.2. The molecule has 1 aromatic heterocycles. The van der Waals surface area contributed by atoms with E-state index in [1.807, 2.05) is 12.1 Å². The fraction of sp³-hybridized carbons (Fsp3) is 0.267. The van der Waals surface area contributed by atoms with Crippen LogP contribution >= 0.6 is 0 Å². The Balaban J connectivity index is 1.62. The van der Waals surface area contributed by atoms with Gasteiger partial charge in [-0.3, -0.25) is 0 Å². The molecule has 0 saturated carbocycles. The molecule has 0 radical (unpaired) electrons. The zero-order valence-electron chi connectivity index (χ0n) is 11.4. The standard InChI is InChI=1S/C15H16N4O2/c20-14(21)11-2-4-13(5-3-11)19-9-6-12(10-19)18-15-16-7-1-8-17-15/h1-5,7-8,12H,6,9-10H2,(H,20,21)(H,16,17,18)/t12-/m1/s1. The van der Waals surface area contributed by atoms with Crippen LogP contribution in [0.4, 0.5) is 11.6 Å². The Morgan fingerprint density at radius 1 is 1.24 bits per heavy atom. The predicted octanol–water partition coefficient (Wildman–Crippen LogP) is 1.87. The lowest BCUT2D eigenvalue weighted by Crippen LogP contribution is -2.26. The number of carboxylic acid groups (broad SMARTS) is 1. The van der Waals surface area contributed by atoms with Crippen molar-refractivity contribution in [1.82, 2.24) is 9.97 Å². The number of hydrogen-bond donors (Lipinski definition) is 2. The lowest BCUT2D eigenvalue weighted by atomic mass is 10.2. The molecule has 1 aromatic carbocycles. The third-order valence-corrected chi connectivity index (χ3v) is 3.57. The summed E-state index contributed by atoms with van der Waals surface area (Å²) in [6, 6.07) is 9.06. The average Bonchev–Trinajstić information content (AvgIpc) is 2.97. The van der Waals surface area contributed by atoms with Gasteiger partial charge in [0.2, 0.25) is 5.95 Å². The molecule has 0 spiro atoms. The number of anilines is 2. The van der Waals surface area contributed by atoms with E-state index < -0.39 is 5.97 Å². The van der Waals surface area contributed by atoms with Crippen LogP contribution in [0.3, 0.4) is 0 Å². The summed E-state index contributed by atoms with van der Waals surface area (Å²) in [4.78, 5) is 21.4. The topological polar surface area (TPSA) is 78.4 Å². The first-order chi connectivity index (χ1) is 10.2. The van der Waals surface area contributed by atoms with Gasteiger partial charge in [-0.1, -0.05) is 0 Å². The highest BCUT2D eigenvalue weighted by Gasteiger charge is 2.23. The molecule has 1 fully saturated rings. The van der Waals surface area contributed by atoms with Crippen LogP contribution in [0, 0.1) is 0 Å². The smallest absolute Gasteiger partial charge is 0.335 e. The minimum atomic E-state index is -0.899. The molecule has 1 saturated heterocycles. The first-order valence-electron chi connectivity index (χ1n) is 6.84. The fourth-order valence-electron chi connectivity index (χ4n) is 2.48. The highest BCUT2D eigenvalue weighted by molar-refractivity contribution is 5.88. The van der Waals surface area contributed by atoms with Gasteiger partial charge in [0.25, 0.3) is 0 Å². The van der Waals surface area contributed by atoms with E-state index in [0.717, 1.165) is 25.2 Å². The van der Waals surface area contributed by atoms with Crippen LogP contribution in [0.2, 0.25) is 0 Å². The summed E-state index contributed by atoms with van der Waals surface area (Å²) >= 11 is 0. The summed E-state index contributed by atoms with van der Waals surface area (Å²) < 4.78 is 0. The van der Waals surface area contributed by atoms with Crippen LogP contribution in [-0.4, -0.2) is 40.2 Å². The highest BCUT2D eigenvalue weighted by Crippen LogP contribution is 2.22. The van der Waals surface area contributed by atoms with Crippen molar-refractivity contribution < 1.29 is 9.90 Å². The van der Waals surface area contributed by atoms with E-state index in [4.69, 9.17) is 5.11 Å². The fourth-order valence-corrected chi connectivity index (χ4v) is 2.48. The Morgan fingerprint density at radius 2 is 1.95 bits per heavy atom. The Hall–Kier alpha value is -2.63. The van der Waals surface area contributed by atoms with Gasteiger partial charge in [-0.25, -0.2) is 14.8 Å². The van der Waals surface area contributed by atoms with Gasteiger partial charge in [0.1, 0.15) is 0 Å². The molecule has 2 heterocycles. The van der Waals surface area contributed by atoms with Gasteiger partial charge >= 0.3 is 5.97 Å². The normalized spacial score (nSPS) is 17.7. The number of aromatic carboxylic acids is 1. The molecule has 0 amide bonds. The zero-order chi connectivity index (χ0) is 14.7. The molecule has 0 bridgehead atoms. The van der Waals surface area contributed by atoms with Crippen LogP contribution in [0.1, 0.15) is 16.8 Å². The van der Waals surface area contributed by atoms with Crippen molar-refractivity contribution in [3.05, 3.63) is 48.3 Å². The highest BCUT2D eigenvalue weighted by atomic mass is 16.4. The molecule has 1 aliphatic heterocycles. The molecular formula is C15H16N4O2. The molecule has 2 N–H and O–H groups in total. The van der Waals surface area contributed by atoms with Crippen LogP contribution in [0.15, 0.2) is 42.7 Å². The second-order valence-corrected chi connectivity index (χ2v) is 5.00. The molecule has 6 heteroatoms. The van der Waals surface area contributed by atoms with Crippen LogP contribution in [-0.2, 0) is 0 Å². The Bertz CT molecular complexity index is 615. The third kappa shape index (κ3) is 3.10. The SMILES string of the molecule is O=C(O)c1ccc(N2CC[C@@H](Nc3ncccn3)C2)cc1. The van der Waals surface area contributed by atoms with E-state index in [-0.39, 0.29) is 0 Å². The third-order valence-electron chi connectivity index (χ3n) is 3.57. The average molecular weight is 284 g/mol. The second kappa shape index (κ2) is 5.78. The number of aromatic nitrogens is 2. The molecule has 1 aliphatic rings. The summed E-state index contributed by atoms with van der Waals surface area (Å²) in [6.07, 6.45) is 4.43. The van der Waals surface area contributed by atoms with Gasteiger partial charge < -0.3 is 15.3 Å². The van der Waals surface area contributed by atoms with Crippen molar-refractivity contribution >= 4 is 17.6 Å². The molecule has 108 valence electrons. The van der Waals surface area contributed by atoms with E-state index in [0.29, 0.717) is 17.6 Å². The van der Waals surface area contributed by atoms with E-state index in [9.17, 15) is 4.79 Å². The Labute approximate surface area is 122 Å². The number of nitrogens with one attached hydrogen (secondary N) is 1. The van der Waals surface area contributed by atoms with E-state index in [1.54, 1.807) is 30.6 Å². The molecule has 0 aliphatic carbocycles. The number of carboxylic acids is 1. The van der Waals surface area contributed by atoms with Gasteiger partial charge in [0.15, 0.2) is 0 Å². The Morgan fingerprint density at radius 3 is 2.62 bits per heavy atom. The monoisotopic (exact) mass is 284 g/mol. The lowest BCUT2D eigenvalue weighted by Gasteiger charge is -2.19. The maximum atomic E-state index is 10.9. The number of carbonyl (C=O) groups is 1. The molecule has 3 rings (SSSR count). The predicted molar refractivity (Wildman–Crippen MR) is 79.7 cm³/mol. The van der Waals surface area contributed by atoms with E-state index in [1.165, 1.54) is 0 Å². The maximum Gasteiger partial charge on any atom is 0.335 e. The van der Waals surface area contributed by atoms with Crippen LogP contribution in [0.25, 0.3) is 0 Å². The van der Waals surface area contributed by atoms with Crippen LogP contribution in [0.5, 0.6) is 0 Å². The zero-order valence-corrected chi connectivity index (χ0v) is 11.4. The van der Waals surface area contributed by atoms with Gasteiger partial charge in [0.05, 0.1) is 5.56 Å². The minimum absolute atomic E-state index is 0.298. The number of rotatable bonds is 4. The van der Waals surface area contributed by atoms with Gasteiger partial charge in [0, 0.05) is 37.2 Å². The molecule has 2 aromatic rings. The summed E-state index contributed by atoms with van der Waals surface area (Å²) in [5.74, 6) is -0.255. The van der Waals surface area contributed by atoms with Crippen molar-refractivity contribution in [3.63, 3.8) is 0 Å². The largest absolute Gasteiger partial charge is 0.478 e. The number of hydrogen-bond acceptors (Lipinski definition) is 5. The summed E-state index contributed by atoms with van der Waals surface area (Å²) in [6.45, 7) is 1.78. The second-order valence-electron chi connectivity index (χ2n) is 5.00. The molecule has 0 unspecified atom stereocenters. The minimum Gasteiger partial charge on any atom is -0.478 e. The van der Waals surface area contributed by atoms with Gasteiger partial charge in [-0.15, -0.1) is 0 Å². The van der Waals surface area contributed by atoms with E-state index in [2.05, 4.69) is 20.2 Å². The van der Waals surface area contributed by atoms with Crippen molar-refractivity contribution in [2.24, 2.45) is 0 Å². The molecule has 21 heavy (non-hydrogen) atoms. The van der Waals surface area contributed by atoms with Gasteiger partial charge in [-0.2, -0.15) is 0 Å². The number of benzene rings is 1. The Kier molecular flexibility index (Phi) is 3.68. The molecule has 6 nitrogen and oxygen atoms in total. The van der Waals surface area contributed by atoms with Crippen molar-refractivity contribution in [2.75, 3.05) is 23.3 Å².